The van der Waals surface area contributed by atoms with Crippen molar-refractivity contribution in [1.29, 1.82) is 5.41 Å². The van der Waals surface area contributed by atoms with Crippen LogP contribution in [0.5, 0.6) is 0 Å². The standard InChI is InChI=1S/C18H19Cl2N5/c1-13(15-7-10-17(20)11-8-15)22-23-18(21)24-25(2)12-14-4-3-5-16(19)9-6-14/h6-11H,4,12H2,1-2H3,(H3,21,23,24)/b22-13+. The number of nitrogens with one attached hydrogen (secondary N) is 3. The Morgan fingerprint density at radius 2 is 2.00 bits per heavy atom. The molecule has 0 heterocycles. The minimum Gasteiger partial charge on any atom is -0.288 e. The molecule has 0 aromatic heterocycles. The first-order chi connectivity index (χ1) is 11.9. The summed E-state index contributed by atoms with van der Waals surface area (Å²) in [5.74, 6) is 5.91. The quantitative estimate of drug-likeness (QED) is 0.319. The molecule has 25 heavy (non-hydrogen) atoms. The molecular weight excluding hydrogens is 357 g/mol. The van der Waals surface area contributed by atoms with Crippen molar-refractivity contribution in [3.8, 4) is 11.8 Å². The van der Waals surface area contributed by atoms with Gasteiger partial charge in [-0.25, -0.2) is 10.4 Å². The minimum absolute atomic E-state index is 0.0738. The largest absolute Gasteiger partial charge is 0.288 e. The molecule has 0 amide bonds. The number of hydrogen-bond acceptors (Lipinski definition) is 3. The monoisotopic (exact) mass is 375 g/mol. The summed E-state index contributed by atoms with van der Waals surface area (Å²) in [6.45, 7) is 2.47. The predicted molar refractivity (Wildman–Crippen MR) is 105 cm³/mol. The molecule has 0 bridgehead atoms. The lowest BCUT2D eigenvalue weighted by atomic mass is 10.1. The summed E-state index contributed by atoms with van der Waals surface area (Å²) in [4.78, 5) is 0. The number of rotatable bonds is 5. The number of nitrogens with zero attached hydrogens (tertiary/aromatic N) is 2. The van der Waals surface area contributed by atoms with Crippen LogP contribution < -0.4 is 10.9 Å². The average Bonchev–Trinajstić information content (AvgIpc) is 2.77. The van der Waals surface area contributed by atoms with Gasteiger partial charge in [0.1, 0.15) is 0 Å². The number of hydrogen-bond donors (Lipinski definition) is 3. The summed E-state index contributed by atoms with van der Waals surface area (Å²) in [7, 11) is 1.84. The summed E-state index contributed by atoms with van der Waals surface area (Å²) in [5.41, 5.74) is 8.39. The van der Waals surface area contributed by atoms with Crippen molar-refractivity contribution in [1.82, 2.24) is 15.9 Å². The maximum atomic E-state index is 7.93. The third-order valence-corrected chi connectivity index (χ3v) is 3.80. The number of hydrazine groups is 1. The molecular formula is C18H19Cl2N5. The molecule has 3 N–H and O–H groups in total. The van der Waals surface area contributed by atoms with Gasteiger partial charge in [0.05, 0.1) is 10.7 Å². The second kappa shape index (κ2) is 9.28. The molecule has 0 radical (unpaired) electrons. The molecule has 7 heteroatoms. The fourth-order valence-electron chi connectivity index (χ4n) is 2.10. The number of hydrazone groups is 1. The van der Waals surface area contributed by atoms with E-state index in [9.17, 15) is 0 Å². The van der Waals surface area contributed by atoms with Crippen molar-refractivity contribution in [2.24, 2.45) is 5.10 Å². The molecule has 5 nitrogen and oxygen atoms in total. The van der Waals surface area contributed by atoms with Crippen molar-refractivity contribution in [2.75, 3.05) is 13.6 Å². The normalized spacial score (nSPS) is 14.0. The third-order valence-electron chi connectivity index (χ3n) is 3.33. The Balaban J connectivity index is 1.84. The zero-order valence-corrected chi connectivity index (χ0v) is 15.5. The van der Waals surface area contributed by atoms with E-state index in [1.807, 2.05) is 32.2 Å². The summed E-state index contributed by atoms with van der Waals surface area (Å²) in [5, 5.41) is 15.1. The summed E-state index contributed by atoms with van der Waals surface area (Å²) < 4.78 is 0. The molecule has 0 unspecified atom stereocenters. The Kier molecular flexibility index (Phi) is 7.08. The van der Waals surface area contributed by atoms with Gasteiger partial charge in [-0.3, -0.25) is 10.8 Å². The fourth-order valence-corrected chi connectivity index (χ4v) is 2.35. The third kappa shape index (κ3) is 6.63. The van der Waals surface area contributed by atoms with Crippen molar-refractivity contribution in [3.05, 3.63) is 57.6 Å². The highest BCUT2D eigenvalue weighted by atomic mass is 35.5. The molecule has 2 rings (SSSR count). The van der Waals surface area contributed by atoms with E-state index < -0.39 is 0 Å². The van der Waals surface area contributed by atoms with Crippen LogP contribution in [0.15, 0.2) is 52.1 Å². The van der Waals surface area contributed by atoms with Crippen LogP contribution in [-0.2, 0) is 0 Å². The smallest absolute Gasteiger partial charge is 0.224 e. The molecule has 0 spiro atoms. The molecule has 1 aliphatic carbocycles. The van der Waals surface area contributed by atoms with E-state index >= 15 is 0 Å². The van der Waals surface area contributed by atoms with Crippen LogP contribution >= 0.6 is 23.2 Å². The number of halogens is 2. The Labute approximate surface area is 157 Å². The Morgan fingerprint density at radius 3 is 2.72 bits per heavy atom. The van der Waals surface area contributed by atoms with Gasteiger partial charge in [0, 0.05) is 25.0 Å². The van der Waals surface area contributed by atoms with E-state index in [4.69, 9.17) is 28.6 Å². The van der Waals surface area contributed by atoms with Crippen LogP contribution in [0, 0.1) is 17.3 Å². The molecule has 1 aliphatic rings. The maximum Gasteiger partial charge on any atom is 0.224 e. The Hall–Kier alpha value is -2.26. The molecule has 0 fully saturated rings. The number of allylic oxidation sites excluding steroid dienone is 3. The minimum atomic E-state index is 0.0738. The molecule has 0 saturated carbocycles. The first-order valence-electron chi connectivity index (χ1n) is 7.60. The zero-order chi connectivity index (χ0) is 18.2. The molecule has 1 aromatic carbocycles. The second-order valence-electron chi connectivity index (χ2n) is 5.48. The van der Waals surface area contributed by atoms with E-state index in [0.29, 0.717) is 23.0 Å². The van der Waals surface area contributed by atoms with E-state index in [-0.39, 0.29) is 5.96 Å². The predicted octanol–water partition coefficient (Wildman–Crippen LogP) is 3.48. The van der Waals surface area contributed by atoms with E-state index in [1.54, 1.807) is 23.2 Å². The van der Waals surface area contributed by atoms with Gasteiger partial charge in [-0.05, 0) is 36.3 Å². The topological polar surface area (TPSA) is 63.5 Å². The SMILES string of the molecule is C/C(=N\NC(=N)NN(C)CC1=CC=C(Cl)C#CC1)c1ccc(Cl)cc1. The van der Waals surface area contributed by atoms with Crippen molar-refractivity contribution in [3.63, 3.8) is 0 Å². The highest BCUT2D eigenvalue weighted by molar-refractivity contribution is 6.32. The summed E-state index contributed by atoms with van der Waals surface area (Å²) in [6, 6.07) is 7.36. The average molecular weight is 376 g/mol. The summed E-state index contributed by atoms with van der Waals surface area (Å²) in [6.07, 6.45) is 4.37. The lowest BCUT2D eigenvalue weighted by molar-refractivity contribution is 0.311. The van der Waals surface area contributed by atoms with Gasteiger partial charge in [-0.15, -0.1) is 0 Å². The van der Waals surface area contributed by atoms with E-state index in [2.05, 4.69) is 27.8 Å². The lowest BCUT2D eigenvalue weighted by Crippen LogP contribution is -2.45. The van der Waals surface area contributed by atoms with Gasteiger partial charge in [-0.1, -0.05) is 53.3 Å². The van der Waals surface area contributed by atoms with Crippen molar-refractivity contribution < 1.29 is 0 Å². The van der Waals surface area contributed by atoms with Crippen LogP contribution in [0.2, 0.25) is 5.02 Å². The Bertz CT molecular complexity index is 782. The van der Waals surface area contributed by atoms with E-state index in [0.717, 1.165) is 16.8 Å². The van der Waals surface area contributed by atoms with Gasteiger partial charge < -0.3 is 0 Å². The van der Waals surface area contributed by atoms with Crippen molar-refractivity contribution in [2.45, 2.75) is 13.3 Å². The van der Waals surface area contributed by atoms with E-state index in [1.165, 1.54) is 0 Å². The van der Waals surface area contributed by atoms with Crippen LogP contribution in [0.25, 0.3) is 0 Å². The maximum absolute atomic E-state index is 7.93. The molecule has 1 aromatic rings. The van der Waals surface area contributed by atoms with Crippen LogP contribution in [-0.4, -0.2) is 30.3 Å². The van der Waals surface area contributed by atoms with Gasteiger partial charge in [0.25, 0.3) is 0 Å². The molecule has 130 valence electrons. The first kappa shape index (κ1) is 19.1. The Morgan fingerprint density at radius 1 is 1.28 bits per heavy atom. The lowest BCUT2D eigenvalue weighted by Gasteiger charge is -2.20. The number of guanidine groups is 1. The van der Waals surface area contributed by atoms with Gasteiger partial charge in [-0.2, -0.15) is 5.10 Å². The van der Waals surface area contributed by atoms with Gasteiger partial charge in [0.15, 0.2) is 0 Å². The molecule has 0 saturated heterocycles. The van der Waals surface area contributed by atoms with Gasteiger partial charge >= 0.3 is 0 Å². The number of benzene rings is 1. The first-order valence-corrected chi connectivity index (χ1v) is 8.36. The highest BCUT2D eigenvalue weighted by Gasteiger charge is 2.05. The highest BCUT2D eigenvalue weighted by Crippen LogP contribution is 2.11. The number of likely N-dealkylation sites (N-methyl/N-ethyl adjacent to an activating group) is 1. The molecule has 0 aliphatic heterocycles. The second-order valence-corrected chi connectivity index (χ2v) is 6.32. The molecule has 0 atom stereocenters. The zero-order valence-electron chi connectivity index (χ0n) is 14.0. The summed E-state index contributed by atoms with van der Waals surface area (Å²) >= 11 is 11.8. The van der Waals surface area contributed by atoms with Gasteiger partial charge in [0.2, 0.25) is 5.96 Å². The van der Waals surface area contributed by atoms with Crippen LogP contribution in [0.1, 0.15) is 18.9 Å². The van der Waals surface area contributed by atoms with Crippen LogP contribution in [0.4, 0.5) is 0 Å². The van der Waals surface area contributed by atoms with Crippen LogP contribution in [0.3, 0.4) is 0 Å². The van der Waals surface area contributed by atoms with Crippen molar-refractivity contribution >= 4 is 34.9 Å². The fraction of sp³-hybridized carbons (Fsp3) is 0.222.